The zero-order valence-corrected chi connectivity index (χ0v) is 24.4. The molecule has 6 rings (SSSR count). The number of carboxylic acids is 1. The van der Waals surface area contributed by atoms with Gasteiger partial charge < -0.3 is 14.4 Å². The van der Waals surface area contributed by atoms with E-state index in [-0.39, 0.29) is 5.56 Å². The SMILES string of the molecule is COc1ccc(-c2ccc(Cl)cc2)c(-c2ccc3cc(-c4nc5cc(C(=O)O)ccc5n4CCC(C)C)ccc3n2)c1. The predicted molar refractivity (Wildman–Crippen MR) is 169 cm³/mol. The zero-order chi connectivity index (χ0) is 29.4. The lowest BCUT2D eigenvalue weighted by molar-refractivity contribution is 0.0697. The summed E-state index contributed by atoms with van der Waals surface area (Å²) in [6.07, 6.45) is 0.980. The maximum absolute atomic E-state index is 11.6. The molecule has 6 aromatic rings. The number of pyridine rings is 1. The molecule has 2 heterocycles. The van der Waals surface area contributed by atoms with Gasteiger partial charge in [0.2, 0.25) is 0 Å². The number of rotatable bonds is 8. The van der Waals surface area contributed by atoms with E-state index in [1.54, 1.807) is 19.2 Å². The largest absolute Gasteiger partial charge is 0.497 e. The van der Waals surface area contributed by atoms with E-state index in [4.69, 9.17) is 26.3 Å². The average molecular weight is 576 g/mol. The number of aryl methyl sites for hydroxylation is 1. The summed E-state index contributed by atoms with van der Waals surface area (Å²) in [5, 5.41) is 11.2. The first-order valence-corrected chi connectivity index (χ1v) is 14.3. The number of carbonyl (C=O) groups is 1. The molecule has 0 radical (unpaired) electrons. The molecule has 0 saturated heterocycles. The molecule has 0 saturated carbocycles. The van der Waals surface area contributed by atoms with Crippen molar-refractivity contribution in [2.75, 3.05) is 7.11 Å². The lowest BCUT2D eigenvalue weighted by atomic mass is 9.96. The number of benzene rings is 4. The third kappa shape index (κ3) is 5.33. The van der Waals surface area contributed by atoms with Crippen molar-refractivity contribution in [1.82, 2.24) is 14.5 Å². The van der Waals surface area contributed by atoms with Gasteiger partial charge in [0, 0.05) is 28.1 Å². The zero-order valence-electron chi connectivity index (χ0n) is 23.6. The van der Waals surface area contributed by atoms with E-state index in [2.05, 4.69) is 30.5 Å². The van der Waals surface area contributed by atoms with E-state index >= 15 is 0 Å². The van der Waals surface area contributed by atoms with Crippen LogP contribution in [0.15, 0.2) is 91.0 Å². The van der Waals surface area contributed by atoms with Crippen LogP contribution in [0.25, 0.3) is 55.7 Å². The summed E-state index contributed by atoms with van der Waals surface area (Å²) in [4.78, 5) is 21.5. The molecule has 0 aliphatic rings. The fourth-order valence-electron chi connectivity index (χ4n) is 5.25. The van der Waals surface area contributed by atoms with Crippen LogP contribution in [0.2, 0.25) is 5.02 Å². The van der Waals surface area contributed by atoms with Gasteiger partial charge >= 0.3 is 5.97 Å². The number of fused-ring (bicyclic) bond motifs is 2. The third-order valence-electron chi connectivity index (χ3n) is 7.53. The van der Waals surface area contributed by atoms with Gasteiger partial charge in [0.05, 0.1) is 34.9 Å². The minimum atomic E-state index is -0.960. The number of carboxylic acid groups (broad SMARTS) is 1. The van der Waals surface area contributed by atoms with Crippen LogP contribution >= 0.6 is 11.6 Å². The van der Waals surface area contributed by atoms with E-state index in [1.165, 1.54) is 0 Å². The van der Waals surface area contributed by atoms with Crippen molar-refractivity contribution in [1.29, 1.82) is 0 Å². The predicted octanol–water partition coefficient (Wildman–Crippen LogP) is 8.99. The Hall–Kier alpha value is -4.68. The molecule has 0 spiro atoms. The van der Waals surface area contributed by atoms with Crippen LogP contribution in [0.3, 0.4) is 0 Å². The molecule has 4 aromatic carbocycles. The second-order valence-electron chi connectivity index (χ2n) is 10.8. The van der Waals surface area contributed by atoms with Crippen LogP contribution in [0.1, 0.15) is 30.6 Å². The highest BCUT2D eigenvalue weighted by Gasteiger charge is 2.17. The highest BCUT2D eigenvalue weighted by atomic mass is 35.5. The number of hydrogen-bond acceptors (Lipinski definition) is 4. The molecule has 0 amide bonds. The van der Waals surface area contributed by atoms with Crippen molar-refractivity contribution in [2.45, 2.75) is 26.8 Å². The lowest BCUT2D eigenvalue weighted by Gasteiger charge is -2.13. The minimum absolute atomic E-state index is 0.230. The van der Waals surface area contributed by atoms with Crippen molar-refractivity contribution >= 4 is 39.5 Å². The number of halogens is 1. The summed E-state index contributed by atoms with van der Waals surface area (Å²) in [7, 11) is 1.66. The number of ether oxygens (including phenoxy) is 1. The highest BCUT2D eigenvalue weighted by Crippen LogP contribution is 2.36. The monoisotopic (exact) mass is 575 g/mol. The molecule has 42 heavy (non-hydrogen) atoms. The minimum Gasteiger partial charge on any atom is -0.497 e. The first-order valence-electron chi connectivity index (χ1n) is 13.9. The summed E-state index contributed by atoms with van der Waals surface area (Å²) in [5.41, 5.74) is 7.53. The Morgan fingerprint density at radius 1 is 0.857 bits per heavy atom. The van der Waals surface area contributed by atoms with Gasteiger partial charge in [-0.2, -0.15) is 0 Å². The molecule has 210 valence electrons. The van der Waals surface area contributed by atoms with Gasteiger partial charge in [-0.05, 0) is 90.2 Å². The molecule has 0 atom stereocenters. The van der Waals surface area contributed by atoms with Crippen LogP contribution in [-0.2, 0) is 6.54 Å². The molecule has 7 heteroatoms. The molecular weight excluding hydrogens is 546 g/mol. The van der Waals surface area contributed by atoms with Crippen molar-refractivity contribution in [2.24, 2.45) is 5.92 Å². The molecular formula is C35H30ClN3O3. The van der Waals surface area contributed by atoms with Crippen LogP contribution in [0, 0.1) is 5.92 Å². The number of imidazole rings is 1. The molecule has 6 nitrogen and oxygen atoms in total. The van der Waals surface area contributed by atoms with Crippen molar-refractivity contribution in [3.63, 3.8) is 0 Å². The van der Waals surface area contributed by atoms with E-state index < -0.39 is 5.97 Å². The Morgan fingerprint density at radius 2 is 1.64 bits per heavy atom. The maximum atomic E-state index is 11.6. The smallest absolute Gasteiger partial charge is 0.335 e. The van der Waals surface area contributed by atoms with E-state index in [0.29, 0.717) is 16.5 Å². The third-order valence-corrected chi connectivity index (χ3v) is 7.78. The molecule has 0 aliphatic carbocycles. The van der Waals surface area contributed by atoms with Crippen molar-refractivity contribution in [3.8, 4) is 39.5 Å². The number of nitrogens with zero attached hydrogens (tertiary/aromatic N) is 3. The normalized spacial score (nSPS) is 11.5. The quantitative estimate of drug-likeness (QED) is 0.196. The van der Waals surface area contributed by atoms with E-state index in [9.17, 15) is 9.90 Å². The van der Waals surface area contributed by atoms with Crippen LogP contribution < -0.4 is 4.74 Å². The van der Waals surface area contributed by atoms with E-state index in [1.807, 2.05) is 66.7 Å². The van der Waals surface area contributed by atoms with E-state index in [0.717, 1.165) is 68.9 Å². The second kappa shape index (κ2) is 11.3. The average Bonchev–Trinajstić information content (AvgIpc) is 3.37. The van der Waals surface area contributed by atoms with Gasteiger partial charge in [0.25, 0.3) is 0 Å². The molecule has 0 bridgehead atoms. The molecule has 2 aromatic heterocycles. The highest BCUT2D eigenvalue weighted by molar-refractivity contribution is 6.30. The van der Waals surface area contributed by atoms with Crippen LogP contribution in [0.4, 0.5) is 0 Å². The maximum Gasteiger partial charge on any atom is 0.335 e. The molecule has 0 unspecified atom stereocenters. The topological polar surface area (TPSA) is 77.2 Å². The van der Waals surface area contributed by atoms with Gasteiger partial charge in [0.1, 0.15) is 11.6 Å². The standard InChI is InChI=1S/C35H30ClN3O3/c1-21(2)16-17-39-33-15-8-25(35(40)41)19-32(33)38-34(39)24-7-13-30-23(18-24)6-14-31(37-30)29-20-27(42-3)11-12-28(29)22-4-9-26(36)10-5-22/h4-15,18-21H,16-17H2,1-3H3,(H,40,41). The Balaban J connectivity index is 1.44. The van der Waals surface area contributed by atoms with Gasteiger partial charge in [-0.25, -0.2) is 14.8 Å². The summed E-state index contributed by atoms with van der Waals surface area (Å²) < 4.78 is 7.73. The van der Waals surface area contributed by atoms with Gasteiger partial charge in [-0.1, -0.05) is 49.7 Å². The molecule has 1 N–H and O–H groups in total. The summed E-state index contributed by atoms with van der Waals surface area (Å²) >= 11 is 6.15. The molecule has 0 fully saturated rings. The lowest BCUT2D eigenvalue weighted by Crippen LogP contribution is -2.04. The Bertz CT molecular complexity index is 1940. The summed E-state index contributed by atoms with van der Waals surface area (Å²) in [6.45, 7) is 5.18. The van der Waals surface area contributed by atoms with Gasteiger partial charge in [0.15, 0.2) is 0 Å². The fraction of sp³-hybridized carbons (Fsp3) is 0.171. The Morgan fingerprint density at radius 3 is 2.38 bits per heavy atom. The summed E-state index contributed by atoms with van der Waals surface area (Å²) in [6, 6.07) is 29.2. The molecule has 0 aliphatic heterocycles. The summed E-state index contributed by atoms with van der Waals surface area (Å²) in [5.74, 6) is 1.13. The van der Waals surface area contributed by atoms with Crippen molar-refractivity contribution < 1.29 is 14.6 Å². The van der Waals surface area contributed by atoms with Gasteiger partial charge in [-0.15, -0.1) is 0 Å². The first kappa shape index (κ1) is 27.5. The van der Waals surface area contributed by atoms with Crippen molar-refractivity contribution in [3.05, 3.63) is 102 Å². The Labute approximate surface area is 249 Å². The number of aromatic nitrogens is 3. The number of methoxy groups -OCH3 is 1. The Kier molecular flexibility index (Phi) is 7.40. The van der Waals surface area contributed by atoms with Crippen LogP contribution in [0.5, 0.6) is 5.75 Å². The first-order chi connectivity index (χ1) is 20.3. The fourth-order valence-corrected chi connectivity index (χ4v) is 5.38. The van der Waals surface area contributed by atoms with Gasteiger partial charge in [-0.3, -0.25) is 0 Å². The number of aromatic carboxylic acids is 1. The van der Waals surface area contributed by atoms with Crippen LogP contribution in [-0.4, -0.2) is 32.7 Å². The second-order valence-corrected chi connectivity index (χ2v) is 11.2. The number of hydrogen-bond donors (Lipinski definition) is 1.